The maximum Gasteiger partial charge on any atom is 0.347 e. The SMILES string of the molecule is O=C(CN1C(=O)[C@@H]2[C@@H]3C=C[C@@H]([C@H]4C[C@@H]34)[C@@H]2C1=O)Oc1ccccc1C(=O)Oc1ccccc1. The van der Waals surface area contributed by atoms with E-state index in [1.807, 2.05) is 0 Å². The molecule has 2 aromatic rings. The van der Waals surface area contributed by atoms with Crippen LogP contribution in [-0.4, -0.2) is 35.2 Å². The Morgan fingerprint density at radius 2 is 1.42 bits per heavy atom. The second kappa shape index (κ2) is 7.40. The Morgan fingerprint density at radius 3 is 2.09 bits per heavy atom. The summed E-state index contributed by atoms with van der Waals surface area (Å²) in [5.41, 5.74) is 0.0739. The molecular formula is C26H21NO6. The molecule has 0 aromatic heterocycles. The minimum absolute atomic E-state index is 0.0166. The lowest BCUT2D eigenvalue weighted by Gasteiger charge is -2.37. The predicted molar refractivity (Wildman–Crippen MR) is 115 cm³/mol. The zero-order chi connectivity index (χ0) is 22.7. The average Bonchev–Trinajstić information content (AvgIpc) is 3.61. The number of amides is 2. The fourth-order valence-electron chi connectivity index (χ4n) is 5.83. The van der Waals surface area contributed by atoms with Crippen LogP contribution in [0, 0.1) is 35.5 Å². The van der Waals surface area contributed by atoms with Crippen LogP contribution in [0.2, 0.25) is 0 Å². The standard InChI is InChI=1S/C26H21NO6/c28-21(33-20-9-5-4-8-17(20)26(31)32-14-6-2-1-3-7-14)13-27-24(29)22-15-10-11-16(19-12-18(15)19)23(22)25(27)30/h1-11,15-16,18-19,22-23H,12-13H2/t15-,16+,18+,19-,22-,23+. The normalized spacial score (nSPS) is 30.6. The molecule has 1 heterocycles. The van der Waals surface area contributed by atoms with Crippen LogP contribution in [-0.2, 0) is 14.4 Å². The van der Waals surface area contributed by atoms with Gasteiger partial charge in [0, 0.05) is 0 Å². The smallest absolute Gasteiger partial charge is 0.347 e. The molecule has 3 fully saturated rings. The first-order valence-corrected chi connectivity index (χ1v) is 11.1. The van der Waals surface area contributed by atoms with Gasteiger partial charge in [-0.15, -0.1) is 0 Å². The number of imide groups is 1. The van der Waals surface area contributed by atoms with Crippen LogP contribution in [0.5, 0.6) is 11.5 Å². The van der Waals surface area contributed by atoms with Crippen LogP contribution in [0.15, 0.2) is 66.7 Å². The van der Waals surface area contributed by atoms with E-state index in [1.165, 1.54) is 12.1 Å². The average molecular weight is 443 g/mol. The molecule has 2 aromatic carbocycles. The topological polar surface area (TPSA) is 90.0 Å². The zero-order valence-corrected chi connectivity index (χ0v) is 17.6. The Morgan fingerprint density at radius 1 is 0.818 bits per heavy atom. The minimum atomic E-state index is -0.777. The molecule has 0 unspecified atom stereocenters. The van der Waals surface area contributed by atoms with Crippen LogP contribution < -0.4 is 9.47 Å². The van der Waals surface area contributed by atoms with Crippen molar-refractivity contribution in [3.05, 3.63) is 72.3 Å². The van der Waals surface area contributed by atoms with E-state index in [-0.39, 0.29) is 46.8 Å². The number of carbonyl (C=O) groups excluding carboxylic acids is 4. The van der Waals surface area contributed by atoms with E-state index < -0.39 is 18.5 Å². The molecule has 0 spiro atoms. The number of benzene rings is 2. The Balaban J connectivity index is 1.16. The summed E-state index contributed by atoms with van der Waals surface area (Å²) in [5, 5.41) is 0. The first-order chi connectivity index (χ1) is 16.0. The van der Waals surface area contributed by atoms with Gasteiger partial charge < -0.3 is 9.47 Å². The van der Waals surface area contributed by atoms with Gasteiger partial charge in [0.1, 0.15) is 23.6 Å². The molecular weight excluding hydrogens is 422 g/mol. The van der Waals surface area contributed by atoms with Gasteiger partial charge in [-0.25, -0.2) is 9.59 Å². The number of nitrogens with zero attached hydrogens (tertiary/aromatic N) is 1. The van der Waals surface area contributed by atoms with E-state index in [9.17, 15) is 19.2 Å². The molecule has 4 aliphatic carbocycles. The van der Waals surface area contributed by atoms with Gasteiger partial charge in [0.15, 0.2) is 0 Å². The van der Waals surface area contributed by atoms with Crippen LogP contribution in [0.25, 0.3) is 0 Å². The number of ether oxygens (including phenoxy) is 2. The molecule has 1 aliphatic heterocycles. The first kappa shape index (κ1) is 19.9. The van der Waals surface area contributed by atoms with Gasteiger partial charge in [-0.1, -0.05) is 42.5 Å². The fourth-order valence-corrected chi connectivity index (χ4v) is 5.83. The van der Waals surface area contributed by atoms with Crippen molar-refractivity contribution in [1.29, 1.82) is 0 Å². The molecule has 0 N–H and O–H groups in total. The highest BCUT2D eigenvalue weighted by Crippen LogP contribution is 2.65. The second-order valence-electron chi connectivity index (χ2n) is 9.09. The maximum absolute atomic E-state index is 13.1. The first-order valence-electron chi connectivity index (χ1n) is 11.1. The lowest BCUT2D eigenvalue weighted by atomic mass is 9.63. The Kier molecular flexibility index (Phi) is 4.47. The third-order valence-electron chi connectivity index (χ3n) is 7.33. The number of likely N-dealkylation sites (tertiary alicyclic amines) is 1. The minimum Gasteiger partial charge on any atom is -0.424 e. The molecule has 7 heteroatoms. The van der Waals surface area contributed by atoms with Gasteiger partial charge in [-0.2, -0.15) is 0 Å². The van der Waals surface area contributed by atoms with Crippen molar-refractivity contribution in [2.45, 2.75) is 6.42 Å². The molecule has 2 amide bonds. The number of carbonyl (C=O) groups is 4. The summed E-state index contributed by atoms with van der Waals surface area (Å²) < 4.78 is 10.8. The summed E-state index contributed by atoms with van der Waals surface area (Å²) in [6.07, 6.45) is 5.25. The number of hydrogen-bond donors (Lipinski definition) is 0. The van der Waals surface area contributed by atoms with Gasteiger partial charge in [0.2, 0.25) is 11.8 Å². The summed E-state index contributed by atoms with van der Waals surface area (Å²) >= 11 is 0. The Hall–Kier alpha value is -3.74. The van der Waals surface area contributed by atoms with Crippen molar-refractivity contribution >= 4 is 23.8 Å². The number of allylic oxidation sites excluding steroid dienone is 2. The van der Waals surface area contributed by atoms with Crippen LogP contribution in [0.4, 0.5) is 0 Å². The monoisotopic (exact) mass is 443 g/mol. The van der Waals surface area contributed by atoms with Gasteiger partial charge in [0.05, 0.1) is 11.8 Å². The fraction of sp³-hybridized carbons (Fsp3) is 0.308. The highest BCUT2D eigenvalue weighted by Gasteiger charge is 2.67. The van der Waals surface area contributed by atoms with Gasteiger partial charge in [0.25, 0.3) is 0 Å². The van der Waals surface area contributed by atoms with Crippen molar-refractivity contribution in [1.82, 2.24) is 4.90 Å². The van der Waals surface area contributed by atoms with E-state index in [4.69, 9.17) is 9.47 Å². The highest BCUT2D eigenvalue weighted by molar-refractivity contribution is 6.08. The van der Waals surface area contributed by atoms with Crippen LogP contribution >= 0.6 is 0 Å². The van der Waals surface area contributed by atoms with E-state index in [0.29, 0.717) is 17.6 Å². The van der Waals surface area contributed by atoms with Crippen molar-refractivity contribution in [2.75, 3.05) is 6.54 Å². The Labute approximate surface area is 190 Å². The summed E-state index contributed by atoms with van der Waals surface area (Å²) in [7, 11) is 0. The van der Waals surface area contributed by atoms with Crippen LogP contribution in [0.3, 0.4) is 0 Å². The molecule has 2 bridgehead atoms. The lowest BCUT2D eigenvalue weighted by molar-refractivity contribution is -0.148. The molecule has 2 saturated carbocycles. The molecule has 6 atom stereocenters. The number of para-hydroxylation sites is 2. The Bertz CT molecular complexity index is 1170. The van der Waals surface area contributed by atoms with Crippen molar-refractivity contribution in [3.63, 3.8) is 0 Å². The van der Waals surface area contributed by atoms with E-state index in [1.54, 1.807) is 42.5 Å². The van der Waals surface area contributed by atoms with Gasteiger partial charge >= 0.3 is 11.9 Å². The molecule has 7 rings (SSSR count). The molecule has 166 valence electrons. The van der Waals surface area contributed by atoms with Crippen molar-refractivity contribution < 1.29 is 28.7 Å². The molecule has 5 aliphatic rings. The van der Waals surface area contributed by atoms with E-state index >= 15 is 0 Å². The number of rotatable bonds is 5. The van der Waals surface area contributed by atoms with Crippen LogP contribution in [0.1, 0.15) is 16.8 Å². The van der Waals surface area contributed by atoms with E-state index in [2.05, 4.69) is 12.2 Å². The third kappa shape index (κ3) is 3.18. The van der Waals surface area contributed by atoms with Crippen molar-refractivity contribution in [3.8, 4) is 11.5 Å². The number of esters is 2. The summed E-state index contributed by atoms with van der Waals surface area (Å²) in [4.78, 5) is 52.5. The third-order valence-corrected chi connectivity index (χ3v) is 7.33. The number of hydrogen-bond acceptors (Lipinski definition) is 6. The maximum atomic E-state index is 13.1. The highest BCUT2D eigenvalue weighted by atomic mass is 16.6. The second-order valence-corrected chi connectivity index (χ2v) is 9.09. The van der Waals surface area contributed by atoms with Crippen molar-refractivity contribution in [2.24, 2.45) is 35.5 Å². The summed E-state index contributed by atoms with van der Waals surface area (Å²) in [6.45, 7) is -0.471. The molecule has 0 radical (unpaired) electrons. The summed E-state index contributed by atoms with van der Waals surface area (Å²) in [5.74, 6) is -1.21. The molecule has 7 nitrogen and oxygen atoms in total. The summed E-state index contributed by atoms with van der Waals surface area (Å²) in [6, 6.07) is 14.8. The quantitative estimate of drug-likeness (QED) is 0.306. The lowest BCUT2D eigenvalue weighted by Crippen LogP contribution is -2.40. The molecule has 33 heavy (non-hydrogen) atoms. The predicted octanol–water partition coefficient (Wildman–Crippen LogP) is 2.86. The van der Waals surface area contributed by atoms with E-state index in [0.717, 1.165) is 11.3 Å². The zero-order valence-electron chi connectivity index (χ0n) is 17.6. The largest absolute Gasteiger partial charge is 0.424 e. The van der Waals surface area contributed by atoms with Gasteiger partial charge in [-0.3, -0.25) is 14.5 Å². The molecule has 1 saturated heterocycles. The van der Waals surface area contributed by atoms with Gasteiger partial charge in [-0.05, 0) is 54.4 Å².